The van der Waals surface area contributed by atoms with Crippen LogP contribution >= 0.6 is 0 Å². The summed E-state index contributed by atoms with van der Waals surface area (Å²) in [5.74, 6) is -1.19. The number of fused-ring (bicyclic) bond motifs is 1. The van der Waals surface area contributed by atoms with Gasteiger partial charge in [-0.1, -0.05) is 0 Å². The molecule has 10 heteroatoms. The summed E-state index contributed by atoms with van der Waals surface area (Å²) in [6, 6.07) is 10.9. The molecule has 0 radical (unpaired) electrons. The standard InChI is InChI=1S/C29H30F2N2O5S/c1-5-36-26(34)15-20-14-21(30)6-7-25(20)38-17-18-12-19-9-11-37-28(19)23(13-18)22-8-10-32-24(27(22)31)16-33-39(35)29(2,3)4/h6-14,33H,5,15-17H2,1-4H3/t39-/m0/s1. The first-order valence-corrected chi connectivity index (χ1v) is 13.6. The van der Waals surface area contributed by atoms with Crippen LogP contribution in [0.25, 0.3) is 22.1 Å². The van der Waals surface area contributed by atoms with Crippen molar-refractivity contribution in [1.82, 2.24) is 9.71 Å². The number of furan rings is 1. The number of nitrogens with one attached hydrogen (secondary N) is 1. The van der Waals surface area contributed by atoms with Crippen LogP contribution in [0.3, 0.4) is 0 Å². The third-order valence-electron chi connectivity index (χ3n) is 5.85. The van der Waals surface area contributed by atoms with E-state index in [1.165, 1.54) is 30.7 Å². The number of rotatable bonds is 10. The van der Waals surface area contributed by atoms with Gasteiger partial charge in [0, 0.05) is 39.6 Å². The third kappa shape index (κ3) is 6.95. The summed E-state index contributed by atoms with van der Waals surface area (Å²) < 4.78 is 60.9. The number of hydrogen-bond acceptors (Lipinski definition) is 7. The van der Waals surface area contributed by atoms with Crippen molar-refractivity contribution in [1.29, 1.82) is 0 Å². The topological polar surface area (TPSA) is 96.7 Å². The van der Waals surface area contributed by atoms with Crippen LogP contribution in [-0.2, 0) is 40.5 Å². The van der Waals surface area contributed by atoms with Crippen molar-refractivity contribution in [2.75, 3.05) is 6.61 Å². The molecule has 2 heterocycles. The maximum atomic E-state index is 15.6. The number of nitrogens with zero attached hydrogens (tertiary/aromatic N) is 1. The number of carbonyl (C=O) groups is 1. The third-order valence-corrected chi connectivity index (χ3v) is 7.37. The maximum Gasteiger partial charge on any atom is 0.310 e. The van der Waals surface area contributed by atoms with Crippen LogP contribution in [-0.4, -0.2) is 26.9 Å². The van der Waals surface area contributed by atoms with E-state index in [1.807, 2.05) is 26.8 Å². The Balaban J connectivity index is 1.62. The van der Waals surface area contributed by atoms with Gasteiger partial charge in [0.25, 0.3) is 0 Å². The molecule has 4 aromatic rings. The highest BCUT2D eigenvalue weighted by Gasteiger charge is 2.27. The Morgan fingerprint density at radius 1 is 1.13 bits per heavy atom. The highest BCUT2D eigenvalue weighted by molar-refractivity contribution is 7.90. The molecule has 0 aliphatic carbocycles. The molecule has 0 aliphatic rings. The number of carbonyl (C=O) groups excluding carboxylic acids is 1. The van der Waals surface area contributed by atoms with Crippen LogP contribution in [0.1, 0.15) is 44.5 Å². The fraction of sp³-hybridized carbons (Fsp3) is 0.310. The van der Waals surface area contributed by atoms with Crippen molar-refractivity contribution in [3.63, 3.8) is 0 Å². The van der Waals surface area contributed by atoms with Crippen LogP contribution < -0.4 is 9.46 Å². The SMILES string of the molecule is CCOC(=O)Cc1cc(F)ccc1OCc1cc(-c2ccnc(CN[S@@+]([O-])C(C)(C)C)c2F)c2occc2c1. The minimum absolute atomic E-state index is 0.0124. The second kappa shape index (κ2) is 12.1. The molecule has 0 saturated heterocycles. The Morgan fingerprint density at radius 2 is 1.92 bits per heavy atom. The maximum absolute atomic E-state index is 15.6. The average molecular weight is 557 g/mol. The van der Waals surface area contributed by atoms with Gasteiger partial charge in [0.05, 0.1) is 31.5 Å². The van der Waals surface area contributed by atoms with Gasteiger partial charge < -0.3 is 18.4 Å². The van der Waals surface area contributed by atoms with Crippen LogP contribution in [0, 0.1) is 11.6 Å². The summed E-state index contributed by atoms with van der Waals surface area (Å²) in [7, 11) is 0. The quantitative estimate of drug-likeness (QED) is 0.189. The number of hydrogen-bond donors (Lipinski definition) is 1. The molecule has 0 aliphatic heterocycles. The van der Waals surface area contributed by atoms with Gasteiger partial charge in [-0.3, -0.25) is 9.78 Å². The van der Waals surface area contributed by atoms with Crippen molar-refractivity contribution < 1.29 is 32.0 Å². The highest BCUT2D eigenvalue weighted by Crippen LogP contribution is 2.34. The van der Waals surface area contributed by atoms with Crippen molar-refractivity contribution in [2.45, 2.75) is 52.0 Å². The van der Waals surface area contributed by atoms with Crippen molar-refractivity contribution >= 4 is 28.3 Å². The highest BCUT2D eigenvalue weighted by atomic mass is 32.2. The zero-order chi connectivity index (χ0) is 28.2. The lowest BCUT2D eigenvalue weighted by molar-refractivity contribution is -0.142. The molecule has 1 atom stereocenters. The van der Waals surface area contributed by atoms with Crippen molar-refractivity contribution in [3.05, 3.63) is 83.4 Å². The minimum atomic E-state index is -1.39. The zero-order valence-corrected chi connectivity index (χ0v) is 23.0. The van der Waals surface area contributed by atoms with Crippen LogP contribution in [0.2, 0.25) is 0 Å². The predicted molar refractivity (Wildman–Crippen MR) is 145 cm³/mol. The van der Waals surface area contributed by atoms with Gasteiger partial charge in [0.2, 0.25) is 0 Å². The lowest BCUT2D eigenvalue weighted by Crippen LogP contribution is -2.39. The van der Waals surface area contributed by atoms with E-state index in [0.29, 0.717) is 28.0 Å². The van der Waals surface area contributed by atoms with Gasteiger partial charge >= 0.3 is 5.97 Å². The van der Waals surface area contributed by atoms with Gasteiger partial charge in [0.15, 0.2) is 5.82 Å². The fourth-order valence-corrected chi connectivity index (χ4v) is 4.65. The summed E-state index contributed by atoms with van der Waals surface area (Å²) >= 11 is -1.39. The molecule has 0 fully saturated rings. The van der Waals surface area contributed by atoms with Gasteiger partial charge in [-0.2, -0.15) is 0 Å². The van der Waals surface area contributed by atoms with E-state index >= 15 is 4.39 Å². The van der Waals surface area contributed by atoms with Crippen LogP contribution in [0.5, 0.6) is 5.75 Å². The molecule has 206 valence electrons. The van der Waals surface area contributed by atoms with Crippen molar-refractivity contribution in [2.24, 2.45) is 0 Å². The summed E-state index contributed by atoms with van der Waals surface area (Å²) in [5, 5.41) is 0.738. The summed E-state index contributed by atoms with van der Waals surface area (Å²) in [6.07, 6.45) is 2.88. The molecule has 2 aromatic carbocycles. The van der Waals surface area contributed by atoms with E-state index in [9.17, 15) is 13.7 Å². The first-order valence-electron chi connectivity index (χ1n) is 12.4. The fourth-order valence-electron chi connectivity index (χ4n) is 3.95. The molecule has 0 bridgehead atoms. The van der Waals surface area contributed by atoms with E-state index in [0.717, 1.165) is 5.39 Å². The molecule has 0 unspecified atom stereocenters. The zero-order valence-electron chi connectivity index (χ0n) is 22.2. The van der Waals surface area contributed by atoms with Crippen LogP contribution in [0.15, 0.2) is 59.3 Å². The molecule has 1 N–H and O–H groups in total. The molecular formula is C29H30F2N2O5S. The van der Waals surface area contributed by atoms with Gasteiger partial charge in [0.1, 0.15) is 28.5 Å². The second-order valence-electron chi connectivity index (χ2n) is 9.83. The number of esters is 1. The molecule has 39 heavy (non-hydrogen) atoms. The first-order chi connectivity index (χ1) is 18.6. The lowest BCUT2D eigenvalue weighted by Gasteiger charge is -2.23. The Kier molecular flexibility index (Phi) is 8.89. The molecular weight excluding hydrogens is 526 g/mol. The molecule has 0 saturated carbocycles. The average Bonchev–Trinajstić information content (AvgIpc) is 3.35. The van der Waals surface area contributed by atoms with Gasteiger partial charge in [-0.25, -0.2) is 8.78 Å². The number of benzene rings is 2. The van der Waals surface area contributed by atoms with E-state index in [4.69, 9.17) is 13.9 Å². The predicted octanol–water partition coefficient (Wildman–Crippen LogP) is 6.01. The summed E-state index contributed by atoms with van der Waals surface area (Å²) in [5.41, 5.74) is 2.46. The number of halogens is 2. The minimum Gasteiger partial charge on any atom is -0.598 e. The van der Waals surface area contributed by atoms with E-state index in [-0.39, 0.29) is 37.4 Å². The summed E-state index contributed by atoms with van der Waals surface area (Å²) in [4.78, 5) is 16.1. The first kappa shape index (κ1) is 28.5. The molecule has 4 rings (SSSR count). The second-order valence-corrected chi connectivity index (χ2v) is 11.9. The largest absolute Gasteiger partial charge is 0.598 e. The number of pyridine rings is 1. The van der Waals surface area contributed by atoms with E-state index < -0.39 is 33.7 Å². The van der Waals surface area contributed by atoms with Crippen LogP contribution in [0.4, 0.5) is 8.78 Å². The Bertz CT molecular complexity index is 1470. The van der Waals surface area contributed by atoms with E-state index in [1.54, 1.807) is 25.1 Å². The molecule has 0 spiro atoms. The van der Waals surface area contributed by atoms with E-state index in [2.05, 4.69) is 9.71 Å². The monoisotopic (exact) mass is 556 g/mol. The van der Waals surface area contributed by atoms with Crippen molar-refractivity contribution in [3.8, 4) is 16.9 Å². The Hall–Kier alpha value is -3.47. The molecule has 7 nitrogen and oxygen atoms in total. The molecule has 2 aromatic heterocycles. The Morgan fingerprint density at radius 3 is 2.67 bits per heavy atom. The normalized spacial score (nSPS) is 12.5. The number of aromatic nitrogens is 1. The Labute approximate surface area is 228 Å². The van der Waals surface area contributed by atoms with Gasteiger partial charge in [-0.15, -0.1) is 4.72 Å². The number of ether oxygens (including phenoxy) is 2. The smallest absolute Gasteiger partial charge is 0.310 e. The molecule has 0 amide bonds. The van der Waals surface area contributed by atoms with Gasteiger partial charge in [-0.05, 0) is 75.7 Å². The summed E-state index contributed by atoms with van der Waals surface area (Å²) in [6.45, 7) is 7.44. The lowest BCUT2D eigenvalue weighted by atomic mass is 10.00.